The second-order valence-corrected chi connectivity index (χ2v) is 5.27. The summed E-state index contributed by atoms with van der Waals surface area (Å²) in [7, 11) is 0. The van der Waals surface area contributed by atoms with Gasteiger partial charge >= 0.3 is 0 Å². The number of hydrogen-bond donors (Lipinski definition) is 0. The van der Waals surface area contributed by atoms with Crippen LogP contribution in [-0.2, 0) is 4.79 Å². The minimum atomic E-state index is 0.0677. The Kier molecular flexibility index (Phi) is 2.18. The molecule has 0 heterocycles. The van der Waals surface area contributed by atoms with Gasteiger partial charge in [0.15, 0.2) is 5.78 Å². The lowest BCUT2D eigenvalue weighted by Gasteiger charge is -2.00. The van der Waals surface area contributed by atoms with Crippen molar-refractivity contribution in [1.82, 2.24) is 0 Å². The summed E-state index contributed by atoms with van der Waals surface area (Å²) in [5.41, 5.74) is 2.14. The van der Waals surface area contributed by atoms with Crippen molar-refractivity contribution in [3.8, 4) is 0 Å². The fraction of sp³-hybridized carbons (Fsp3) is 0.357. The zero-order valence-electron chi connectivity index (χ0n) is 9.00. The SMILES string of the molecule is O=C1C(=Cc2ccc(Cl)cc2)CCC12CC2. The third kappa shape index (κ3) is 1.60. The number of halogens is 1. The van der Waals surface area contributed by atoms with E-state index in [1.54, 1.807) is 0 Å². The number of ketones is 1. The Morgan fingerprint density at radius 1 is 1.12 bits per heavy atom. The summed E-state index contributed by atoms with van der Waals surface area (Å²) in [5, 5.41) is 0.735. The van der Waals surface area contributed by atoms with E-state index in [9.17, 15) is 4.79 Å². The van der Waals surface area contributed by atoms with Crippen molar-refractivity contribution in [2.75, 3.05) is 0 Å². The highest BCUT2D eigenvalue weighted by Gasteiger charge is 2.53. The molecule has 82 valence electrons. The number of hydrogen-bond acceptors (Lipinski definition) is 1. The van der Waals surface area contributed by atoms with E-state index in [0.29, 0.717) is 5.78 Å². The second kappa shape index (κ2) is 3.46. The topological polar surface area (TPSA) is 17.1 Å². The van der Waals surface area contributed by atoms with Crippen LogP contribution >= 0.6 is 11.6 Å². The van der Waals surface area contributed by atoms with Crippen LogP contribution in [0.1, 0.15) is 31.2 Å². The van der Waals surface area contributed by atoms with E-state index < -0.39 is 0 Å². The van der Waals surface area contributed by atoms with Gasteiger partial charge in [0.25, 0.3) is 0 Å². The van der Waals surface area contributed by atoms with Crippen LogP contribution < -0.4 is 0 Å². The maximum atomic E-state index is 12.1. The molecule has 0 atom stereocenters. The molecule has 0 N–H and O–H groups in total. The highest BCUT2D eigenvalue weighted by Crippen LogP contribution is 2.57. The summed E-state index contributed by atoms with van der Waals surface area (Å²) >= 11 is 5.82. The molecule has 2 heteroatoms. The lowest BCUT2D eigenvalue weighted by Crippen LogP contribution is -2.07. The lowest BCUT2D eigenvalue weighted by molar-refractivity contribution is -0.118. The molecule has 2 saturated carbocycles. The van der Waals surface area contributed by atoms with Crippen LogP contribution in [0, 0.1) is 5.41 Å². The van der Waals surface area contributed by atoms with Crippen molar-refractivity contribution >= 4 is 23.5 Å². The highest BCUT2D eigenvalue weighted by atomic mass is 35.5. The Morgan fingerprint density at radius 2 is 1.81 bits per heavy atom. The van der Waals surface area contributed by atoms with Crippen molar-refractivity contribution < 1.29 is 4.79 Å². The third-order valence-electron chi connectivity index (χ3n) is 3.71. The largest absolute Gasteiger partial charge is 0.294 e. The number of Topliss-reactive ketones (excluding diaryl/α,β-unsaturated/α-hetero) is 1. The van der Waals surface area contributed by atoms with Gasteiger partial charge in [0.1, 0.15) is 0 Å². The first kappa shape index (κ1) is 10.1. The van der Waals surface area contributed by atoms with Crippen molar-refractivity contribution in [3.63, 3.8) is 0 Å². The van der Waals surface area contributed by atoms with Crippen LogP contribution in [0.3, 0.4) is 0 Å². The molecular formula is C14H13ClO. The molecule has 0 saturated heterocycles. The van der Waals surface area contributed by atoms with Gasteiger partial charge < -0.3 is 0 Å². The van der Waals surface area contributed by atoms with E-state index in [1.165, 1.54) is 0 Å². The molecular weight excluding hydrogens is 220 g/mol. The minimum Gasteiger partial charge on any atom is -0.294 e. The molecule has 0 radical (unpaired) electrons. The maximum Gasteiger partial charge on any atom is 0.165 e. The Morgan fingerprint density at radius 3 is 2.38 bits per heavy atom. The zero-order valence-corrected chi connectivity index (χ0v) is 9.76. The first-order valence-electron chi connectivity index (χ1n) is 5.71. The number of allylic oxidation sites excluding steroid dienone is 1. The molecule has 0 aliphatic heterocycles. The van der Waals surface area contributed by atoms with E-state index in [1.807, 2.05) is 30.3 Å². The van der Waals surface area contributed by atoms with Crippen molar-refractivity contribution in [2.24, 2.45) is 5.41 Å². The second-order valence-electron chi connectivity index (χ2n) is 4.83. The van der Waals surface area contributed by atoms with Gasteiger partial charge in [-0.2, -0.15) is 0 Å². The molecule has 0 aromatic heterocycles. The predicted octanol–water partition coefficient (Wildman–Crippen LogP) is 3.87. The van der Waals surface area contributed by atoms with Crippen molar-refractivity contribution in [3.05, 3.63) is 40.4 Å². The van der Waals surface area contributed by atoms with E-state index in [4.69, 9.17) is 11.6 Å². The summed E-state index contributed by atoms with van der Waals surface area (Å²) in [6.45, 7) is 0. The third-order valence-corrected chi connectivity index (χ3v) is 3.96. The van der Waals surface area contributed by atoms with E-state index in [2.05, 4.69) is 0 Å². The summed E-state index contributed by atoms with van der Waals surface area (Å²) in [6.07, 6.45) is 6.23. The number of rotatable bonds is 1. The fourth-order valence-corrected chi connectivity index (χ4v) is 2.59. The molecule has 2 fully saturated rings. The Balaban J connectivity index is 1.88. The zero-order chi connectivity index (χ0) is 11.2. The summed E-state index contributed by atoms with van der Waals surface area (Å²) in [4.78, 5) is 12.1. The summed E-state index contributed by atoms with van der Waals surface area (Å²) in [5.74, 6) is 0.391. The van der Waals surface area contributed by atoms with Crippen LogP contribution in [0.4, 0.5) is 0 Å². The molecule has 2 aliphatic carbocycles. The van der Waals surface area contributed by atoms with Crippen LogP contribution in [0.2, 0.25) is 5.02 Å². The van der Waals surface area contributed by atoms with Crippen LogP contribution in [0.25, 0.3) is 6.08 Å². The van der Waals surface area contributed by atoms with Gasteiger partial charge in [-0.3, -0.25) is 4.79 Å². The average molecular weight is 233 g/mol. The molecule has 0 unspecified atom stereocenters. The monoisotopic (exact) mass is 232 g/mol. The van der Waals surface area contributed by atoms with E-state index in [-0.39, 0.29) is 5.41 Å². The molecule has 1 nitrogen and oxygen atoms in total. The van der Waals surface area contributed by atoms with Crippen molar-refractivity contribution in [2.45, 2.75) is 25.7 Å². The molecule has 1 aromatic carbocycles. The van der Waals surface area contributed by atoms with Gasteiger partial charge in [-0.25, -0.2) is 0 Å². The lowest BCUT2D eigenvalue weighted by atomic mass is 10.0. The highest BCUT2D eigenvalue weighted by molar-refractivity contribution is 6.30. The maximum absolute atomic E-state index is 12.1. The van der Waals surface area contributed by atoms with E-state index in [0.717, 1.165) is 41.8 Å². The van der Waals surface area contributed by atoms with Gasteiger partial charge in [-0.15, -0.1) is 0 Å². The molecule has 1 spiro atoms. The first-order valence-corrected chi connectivity index (χ1v) is 6.08. The molecule has 2 aliphatic rings. The molecule has 16 heavy (non-hydrogen) atoms. The Bertz CT molecular complexity index is 466. The predicted molar refractivity (Wildman–Crippen MR) is 65.3 cm³/mol. The van der Waals surface area contributed by atoms with Gasteiger partial charge in [0.2, 0.25) is 0 Å². The smallest absolute Gasteiger partial charge is 0.165 e. The van der Waals surface area contributed by atoms with Crippen LogP contribution in [0.15, 0.2) is 29.8 Å². The van der Waals surface area contributed by atoms with Crippen LogP contribution in [0.5, 0.6) is 0 Å². The normalized spacial score (nSPS) is 24.3. The Hall–Kier alpha value is -1.08. The quantitative estimate of drug-likeness (QED) is 0.672. The number of carbonyl (C=O) groups is 1. The molecule has 0 amide bonds. The number of carbonyl (C=O) groups excluding carboxylic acids is 1. The summed E-state index contributed by atoms with van der Waals surface area (Å²) < 4.78 is 0. The summed E-state index contributed by atoms with van der Waals surface area (Å²) in [6, 6.07) is 7.64. The molecule has 1 aromatic rings. The molecule has 0 bridgehead atoms. The van der Waals surface area contributed by atoms with Gasteiger partial charge in [0.05, 0.1) is 0 Å². The minimum absolute atomic E-state index is 0.0677. The van der Waals surface area contributed by atoms with Crippen LogP contribution in [-0.4, -0.2) is 5.78 Å². The van der Waals surface area contributed by atoms with Crippen molar-refractivity contribution in [1.29, 1.82) is 0 Å². The molecule has 3 rings (SSSR count). The van der Waals surface area contributed by atoms with Gasteiger partial charge in [-0.1, -0.05) is 23.7 Å². The first-order chi connectivity index (χ1) is 7.70. The van der Waals surface area contributed by atoms with Gasteiger partial charge in [0, 0.05) is 10.4 Å². The fourth-order valence-electron chi connectivity index (χ4n) is 2.47. The van der Waals surface area contributed by atoms with Gasteiger partial charge in [-0.05, 0) is 55.0 Å². The number of benzene rings is 1. The average Bonchev–Trinajstić information content (AvgIpc) is 3.01. The standard InChI is InChI=1S/C14H13ClO/c15-12-3-1-10(2-4-12)9-11-5-6-14(7-8-14)13(11)16/h1-4,9H,5-8H2. The Labute approximate surface area is 100 Å². The van der Waals surface area contributed by atoms with E-state index >= 15 is 0 Å².